The second-order valence-electron chi connectivity index (χ2n) is 4.05. The first kappa shape index (κ1) is 10.1. The van der Waals surface area contributed by atoms with E-state index in [1.807, 2.05) is 0 Å². The lowest BCUT2D eigenvalue weighted by atomic mass is 9.94. The van der Waals surface area contributed by atoms with Crippen LogP contribution in [0.15, 0.2) is 0 Å². The van der Waals surface area contributed by atoms with E-state index in [-0.39, 0.29) is 17.6 Å². The molecule has 0 atom stereocenters. The second-order valence-corrected chi connectivity index (χ2v) is 6.09. The van der Waals surface area contributed by atoms with Crippen LogP contribution in [0.25, 0.3) is 0 Å². The van der Waals surface area contributed by atoms with Crippen LogP contribution in [0.2, 0.25) is 0 Å². The molecule has 80 valence electrons. The second kappa shape index (κ2) is 3.62. The fraction of sp³-hybridized carbons (Fsp3) is 0.889. The van der Waals surface area contributed by atoms with E-state index in [1.165, 1.54) is 0 Å². The third-order valence-corrected chi connectivity index (χ3v) is 5.06. The Labute approximate surface area is 84.3 Å². The number of nitrogens with zero attached hydrogens (tertiary/aromatic N) is 1. The lowest BCUT2D eigenvalue weighted by Gasteiger charge is -2.28. The van der Waals surface area contributed by atoms with Crippen LogP contribution in [0.4, 0.5) is 0 Å². The third-order valence-electron chi connectivity index (χ3n) is 3.06. The summed E-state index contributed by atoms with van der Waals surface area (Å²) in [5.41, 5.74) is 0. The van der Waals surface area contributed by atoms with Crippen LogP contribution >= 0.6 is 0 Å². The summed E-state index contributed by atoms with van der Waals surface area (Å²) in [4.78, 5) is 11.0. The highest BCUT2D eigenvalue weighted by Crippen LogP contribution is 2.26. The number of rotatable bonds is 1. The van der Waals surface area contributed by atoms with Crippen molar-refractivity contribution in [1.29, 1.82) is 0 Å². The van der Waals surface area contributed by atoms with Gasteiger partial charge in [0, 0.05) is 25.4 Å². The number of hydrogen-bond donors (Lipinski definition) is 0. The molecular weight excluding hydrogens is 202 g/mol. The molecule has 1 heterocycles. The van der Waals surface area contributed by atoms with Crippen molar-refractivity contribution in [2.75, 3.05) is 12.3 Å². The van der Waals surface area contributed by atoms with E-state index >= 15 is 0 Å². The first-order chi connectivity index (χ1) is 6.59. The quantitative estimate of drug-likeness (QED) is 0.644. The molecule has 0 spiro atoms. The summed E-state index contributed by atoms with van der Waals surface area (Å²) in [6.07, 6.45) is 3.29. The van der Waals surface area contributed by atoms with E-state index < -0.39 is 10.0 Å². The molecule has 0 aromatic rings. The minimum atomic E-state index is -2.98. The van der Waals surface area contributed by atoms with Gasteiger partial charge in [-0.15, -0.1) is 0 Å². The van der Waals surface area contributed by atoms with Gasteiger partial charge in [0.05, 0.1) is 5.75 Å². The number of carbonyl (C=O) groups is 1. The zero-order chi connectivity index (χ0) is 10.2. The normalized spacial score (nSPS) is 29.6. The average molecular weight is 217 g/mol. The van der Waals surface area contributed by atoms with E-state index in [9.17, 15) is 13.2 Å². The molecule has 1 saturated heterocycles. The molecular formula is C9H15NO3S. The molecule has 1 aliphatic carbocycles. The summed E-state index contributed by atoms with van der Waals surface area (Å²) in [6, 6.07) is 0.0974. The van der Waals surface area contributed by atoms with Crippen LogP contribution in [0.3, 0.4) is 0 Å². The van der Waals surface area contributed by atoms with Crippen LogP contribution in [0.1, 0.15) is 32.1 Å². The lowest BCUT2D eigenvalue weighted by Crippen LogP contribution is -2.39. The first-order valence-electron chi connectivity index (χ1n) is 5.11. The van der Waals surface area contributed by atoms with Gasteiger partial charge in [-0.2, -0.15) is 4.31 Å². The smallest absolute Gasteiger partial charge is 0.214 e. The van der Waals surface area contributed by atoms with Gasteiger partial charge in [-0.3, -0.25) is 4.79 Å². The Morgan fingerprint density at radius 1 is 1.21 bits per heavy atom. The summed E-state index contributed by atoms with van der Waals surface area (Å²) in [7, 11) is -2.98. The van der Waals surface area contributed by atoms with E-state index in [1.54, 1.807) is 4.31 Å². The average Bonchev–Trinajstić information content (AvgIpc) is 2.47. The van der Waals surface area contributed by atoms with Crippen molar-refractivity contribution in [2.24, 2.45) is 0 Å². The zero-order valence-electron chi connectivity index (χ0n) is 8.11. The van der Waals surface area contributed by atoms with Gasteiger partial charge in [-0.1, -0.05) is 0 Å². The molecule has 14 heavy (non-hydrogen) atoms. The Morgan fingerprint density at radius 2 is 1.86 bits per heavy atom. The summed E-state index contributed by atoms with van der Waals surface area (Å²) >= 11 is 0. The topological polar surface area (TPSA) is 54.5 Å². The van der Waals surface area contributed by atoms with Crippen LogP contribution in [-0.2, 0) is 14.8 Å². The van der Waals surface area contributed by atoms with Gasteiger partial charge in [0.15, 0.2) is 0 Å². The Bertz CT molecular complexity index is 326. The molecule has 2 fully saturated rings. The SMILES string of the molecule is O=C1CCC(N2CCCS2(=O)=O)CC1. The molecule has 0 amide bonds. The van der Waals surface area contributed by atoms with Gasteiger partial charge in [-0.25, -0.2) is 8.42 Å². The largest absolute Gasteiger partial charge is 0.300 e. The highest BCUT2D eigenvalue weighted by molar-refractivity contribution is 7.89. The lowest BCUT2D eigenvalue weighted by molar-refractivity contribution is -0.120. The van der Waals surface area contributed by atoms with Gasteiger partial charge in [-0.05, 0) is 19.3 Å². The molecule has 5 heteroatoms. The molecule has 0 aromatic heterocycles. The van der Waals surface area contributed by atoms with Gasteiger partial charge in [0.25, 0.3) is 0 Å². The summed E-state index contributed by atoms with van der Waals surface area (Å²) in [5.74, 6) is 0.565. The van der Waals surface area contributed by atoms with Crippen molar-refractivity contribution in [1.82, 2.24) is 4.31 Å². The Hall–Kier alpha value is -0.420. The maximum absolute atomic E-state index is 11.6. The molecule has 0 N–H and O–H groups in total. The third kappa shape index (κ3) is 1.83. The van der Waals surface area contributed by atoms with Gasteiger partial charge < -0.3 is 0 Å². The van der Waals surface area contributed by atoms with E-state index in [4.69, 9.17) is 0 Å². The molecule has 0 bridgehead atoms. The Morgan fingerprint density at radius 3 is 2.36 bits per heavy atom. The van der Waals surface area contributed by atoms with Gasteiger partial charge in [0.1, 0.15) is 5.78 Å². The van der Waals surface area contributed by atoms with Gasteiger partial charge >= 0.3 is 0 Å². The first-order valence-corrected chi connectivity index (χ1v) is 6.72. The van der Waals surface area contributed by atoms with Crippen LogP contribution in [0, 0.1) is 0 Å². The molecule has 2 rings (SSSR count). The molecule has 4 nitrogen and oxygen atoms in total. The van der Waals surface area contributed by atoms with Crippen molar-refractivity contribution in [3.63, 3.8) is 0 Å². The minimum absolute atomic E-state index is 0.0974. The fourth-order valence-corrected chi connectivity index (χ4v) is 4.08. The van der Waals surface area contributed by atoms with Crippen molar-refractivity contribution in [3.8, 4) is 0 Å². The number of ketones is 1. The van der Waals surface area contributed by atoms with Crippen LogP contribution in [-0.4, -0.2) is 36.8 Å². The molecule has 0 aromatic carbocycles. The number of hydrogen-bond acceptors (Lipinski definition) is 3. The van der Waals surface area contributed by atoms with E-state index in [2.05, 4.69) is 0 Å². The number of sulfonamides is 1. The highest BCUT2D eigenvalue weighted by atomic mass is 32.2. The van der Waals surface area contributed by atoms with Crippen LogP contribution < -0.4 is 0 Å². The van der Waals surface area contributed by atoms with Crippen molar-refractivity contribution in [2.45, 2.75) is 38.1 Å². The molecule has 0 unspecified atom stereocenters. The standard InChI is InChI=1S/C9H15NO3S/c11-9-4-2-8(3-5-9)10-6-1-7-14(10,12)13/h8H,1-7H2. The van der Waals surface area contributed by atoms with Crippen LogP contribution in [0.5, 0.6) is 0 Å². The summed E-state index contributed by atoms with van der Waals surface area (Å²) in [6.45, 7) is 0.654. The number of Topliss-reactive ketones (excluding diaryl/α,β-unsaturated/α-hetero) is 1. The highest BCUT2D eigenvalue weighted by Gasteiger charge is 2.35. The predicted octanol–water partition coefficient (Wildman–Crippen LogP) is 0.534. The number of carbonyl (C=O) groups excluding carboxylic acids is 1. The molecule has 1 saturated carbocycles. The van der Waals surface area contributed by atoms with Crippen molar-refractivity contribution < 1.29 is 13.2 Å². The maximum Gasteiger partial charge on any atom is 0.214 e. The van der Waals surface area contributed by atoms with E-state index in [0.29, 0.717) is 19.4 Å². The van der Waals surface area contributed by atoms with E-state index in [0.717, 1.165) is 19.3 Å². The Balaban J connectivity index is 2.05. The van der Waals surface area contributed by atoms with Gasteiger partial charge in [0.2, 0.25) is 10.0 Å². The predicted molar refractivity (Wildman–Crippen MR) is 52.4 cm³/mol. The monoisotopic (exact) mass is 217 g/mol. The van der Waals surface area contributed by atoms with Crippen molar-refractivity contribution >= 4 is 15.8 Å². The Kier molecular flexibility index (Phi) is 2.62. The molecule has 2 aliphatic rings. The minimum Gasteiger partial charge on any atom is -0.300 e. The summed E-state index contributed by atoms with van der Waals surface area (Å²) in [5, 5.41) is 0. The molecule has 1 aliphatic heterocycles. The molecule has 0 radical (unpaired) electrons. The fourth-order valence-electron chi connectivity index (χ4n) is 2.28. The summed E-state index contributed by atoms with van der Waals surface area (Å²) < 4.78 is 24.8. The van der Waals surface area contributed by atoms with Crippen molar-refractivity contribution in [3.05, 3.63) is 0 Å². The zero-order valence-corrected chi connectivity index (χ0v) is 8.92. The maximum atomic E-state index is 11.6.